The SMILES string of the molecule is CCCC1C=CC2=C(C(C)CCC=C2)C1C. The third-order valence-electron chi connectivity index (χ3n) is 4.21. The van der Waals surface area contributed by atoms with Crippen LogP contribution in [0.2, 0.25) is 0 Å². The van der Waals surface area contributed by atoms with E-state index in [-0.39, 0.29) is 0 Å². The van der Waals surface area contributed by atoms with Crippen molar-refractivity contribution < 1.29 is 0 Å². The highest BCUT2D eigenvalue weighted by atomic mass is 14.3. The molecule has 3 atom stereocenters. The molecule has 0 heterocycles. The minimum atomic E-state index is 0.748. The van der Waals surface area contributed by atoms with E-state index in [1.807, 2.05) is 0 Å². The standard InChI is InChI=1S/C16H24/c1-4-7-14-10-11-15-9-6-5-8-12(2)16(15)13(14)3/h6,9-14H,4-5,7-8H2,1-3H3. The van der Waals surface area contributed by atoms with E-state index in [0.717, 1.165) is 17.8 Å². The highest BCUT2D eigenvalue weighted by Gasteiger charge is 2.27. The molecule has 3 unspecified atom stereocenters. The van der Waals surface area contributed by atoms with Crippen molar-refractivity contribution in [2.24, 2.45) is 17.8 Å². The van der Waals surface area contributed by atoms with E-state index >= 15 is 0 Å². The first-order valence-corrected chi connectivity index (χ1v) is 6.82. The van der Waals surface area contributed by atoms with Crippen LogP contribution in [-0.2, 0) is 0 Å². The Kier molecular flexibility index (Phi) is 3.68. The molecular formula is C16H24. The molecule has 2 rings (SSSR count). The quantitative estimate of drug-likeness (QED) is 0.616. The Morgan fingerprint density at radius 3 is 2.81 bits per heavy atom. The van der Waals surface area contributed by atoms with E-state index in [4.69, 9.17) is 0 Å². The third kappa shape index (κ3) is 2.16. The second kappa shape index (κ2) is 5.03. The van der Waals surface area contributed by atoms with Gasteiger partial charge in [0.05, 0.1) is 0 Å². The van der Waals surface area contributed by atoms with Crippen molar-refractivity contribution >= 4 is 0 Å². The van der Waals surface area contributed by atoms with Crippen molar-refractivity contribution in [1.29, 1.82) is 0 Å². The minimum absolute atomic E-state index is 0.748. The average molecular weight is 216 g/mol. The molecule has 0 aromatic heterocycles. The van der Waals surface area contributed by atoms with Crippen molar-refractivity contribution in [2.45, 2.75) is 46.5 Å². The molecule has 0 spiro atoms. The molecule has 0 heteroatoms. The summed E-state index contributed by atoms with van der Waals surface area (Å²) in [5.74, 6) is 2.29. The maximum Gasteiger partial charge on any atom is -0.0157 e. The fourth-order valence-electron chi connectivity index (χ4n) is 3.26. The summed E-state index contributed by atoms with van der Waals surface area (Å²) < 4.78 is 0. The fraction of sp³-hybridized carbons (Fsp3) is 0.625. The Bertz CT molecular complexity index is 330. The lowest BCUT2D eigenvalue weighted by atomic mass is 9.73. The lowest BCUT2D eigenvalue weighted by molar-refractivity contribution is 0.402. The zero-order valence-corrected chi connectivity index (χ0v) is 10.9. The van der Waals surface area contributed by atoms with Crippen molar-refractivity contribution in [3.05, 3.63) is 35.5 Å². The normalized spacial score (nSPS) is 33.8. The van der Waals surface area contributed by atoms with Gasteiger partial charge in [0.25, 0.3) is 0 Å². The molecule has 0 N–H and O–H groups in total. The van der Waals surface area contributed by atoms with Gasteiger partial charge in [-0.2, -0.15) is 0 Å². The van der Waals surface area contributed by atoms with Crippen LogP contribution in [0, 0.1) is 17.8 Å². The van der Waals surface area contributed by atoms with E-state index in [2.05, 4.69) is 45.1 Å². The summed E-state index contributed by atoms with van der Waals surface area (Å²) in [6.45, 7) is 7.12. The second-order valence-corrected chi connectivity index (χ2v) is 5.39. The molecule has 2 aliphatic carbocycles. The van der Waals surface area contributed by atoms with Gasteiger partial charge in [-0.05, 0) is 42.6 Å². The Morgan fingerprint density at radius 1 is 1.25 bits per heavy atom. The Labute approximate surface area is 100 Å². The van der Waals surface area contributed by atoms with E-state index in [1.165, 1.54) is 31.3 Å². The first kappa shape index (κ1) is 11.7. The number of rotatable bonds is 2. The summed E-state index contributed by atoms with van der Waals surface area (Å²) in [5.41, 5.74) is 3.22. The maximum atomic E-state index is 2.44. The highest BCUT2D eigenvalue weighted by molar-refractivity contribution is 5.42. The van der Waals surface area contributed by atoms with Crippen LogP contribution in [0.5, 0.6) is 0 Å². The third-order valence-corrected chi connectivity index (χ3v) is 4.21. The molecule has 0 amide bonds. The first-order valence-electron chi connectivity index (χ1n) is 6.82. The zero-order valence-electron chi connectivity index (χ0n) is 10.9. The molecule has 0 aliphatic heterocycles. The lowest BCUT2D eigenvalue weighted by Gasteiger charge is -2.31. The molecule has 0 saturated carbocycles. The van der Waals surface area contributed by atoms with Crippen molar-refractivity contribution in [2.75, 3.05) is 0 Å². The molecule has 0 aromatic carbocycles. The van der Waals surface area contributed by atoms with Gasteiger partial charge in [-0.3, -0.25) is 0 Å². The van der Waals surface area contributed by atoms with Gasteiger partial charge in [-0.15, -0.1) is 0 Å². The Balaban J connectivity index is 2.27. The van der Waals surface area contributed by atoms with Crippen LogP contribution in [0.25, 0.3) is 0 Å². The average Bonchev–Trinajstić information content (AvgIpc) is 2.45. The largest absolute Gasteiger partial charge is 0.0839 e. The molecule has 0 fully saturated rings. The van der Waals surface area contributed by atoms with Gasteiger partial charge in [0.1, 0.15) is 0 Å². The molecule has 88 valence electrons. The molecule has 0 saturated heterocycles. The minimum Gasteiger partial charge on any atom is -0.0839 e. The van der Waals surface area contributed by atoms with Crippen molar-refractivity contribution in [1.82, 2.24) is 0 Å². The van der Waals surface area contributed by atoms with E-state index < -0.39 is 0 Å². The Morgan fingerprint density at radius 2 is 2.06 bits per heavy atom. The summed E-state index contributed by atoms with van der Waals surface area (Å²) in [5, 5.41) is 0. The lowest BCUT2D eigenvalue weighted by Crippen LogP contribution is -2.20. The van der Waals surface area contributed by atoms with Crippen molar-refractivity contribution in [3.63, 3.8) is 0 Å². The molecule has 0 nitrogen and oxygen atoms in total. The van der Waals surface area contributed by atoms with Gasteiger partial charge in [0.15, 0.2) is 0 Å². The van der Waals surface area contributed by atoms with Gasteiger partial charge in [-0.25, -0.2) is 0 Å². The molecule has 0 bridgehead atoms. The first-order chi connectivity index (χ1) is 7.74. The monoisotopic (exact) mass is 216 g/mol. The van der Waals surface area contributed by atoms with Crippen LogP contribution in [-0.4, -0.2) is 0 Å². The molecule has 0 radical (unpaired) electrons. The second-order valence-electron chi connectivity index (χ2n) is 5.39. The highest BCUT2D eigenvalue weighted by Crippen LogP contribution is 2.39. The summed E-state index contributed by atoms with van der Waals surface area (Å²) in [6.07, 6.45) is 14.7. The summed E-state index contributed by atoms with van der Waals surface area (Å²) in [7, 11) is 0. The predicted molar refractivity (Wildman–Crippen MR) is 71.3 cm³/mol. The molecule has 0 aromatic rings. The zero-order chi connectivity index (χ0) is 11.5. The van der Waals surface area contributed by atoms with Crippen LogP contribution in [0.1, 0.15) is 46.5 Å². The number of hydrogen-bond acceptors (Lipinski definition) is 0. The number of hydrogen-bond donors (Lipinski definition) is 0. The van der Waals surface area contributed by atoms with E-state index in [0.29, 0.717) is 0 Å². The topological polar surface area (TPSA) is 0 Å². The van der Waals surface area contributed by atoms with Gasteiger partial charge in [-0.1, -0.05) is 57.1 Å². The molecular weight excluding hydrogens is 192 g/mol. The summed E-state index contributed by atoms with van der Waals surface area (Å²) in [4.78, 5) is 0. The predicted octanol–water partition coefficient (Wildman–Crippen LogP) is 4.89. The van der Waals surface area contributed by atoms with Gasteiger partial charge < -0.3 is 0 Å². The maximum absolute atomic E-state index is 2.44. The molecule has 16 heavy (non-hydrogen) atoms. The number of allylic oxidation sites excluding steroid dienone is 6. The van der Waals surface area contributed by atoms with E-state index in [1.54, 1.807) is 5.57 Å². The smallest absolute Gasteiger partial charge is 0.0157 e. The summed E-state index contributed by atoms with van der Waals surface area (Å²) in [6, 6.07) is 0. The Hall–Kier alpha value is -0.780. The van der Waals surface area contributed by atoms with Gasteiger partial charge >= 0.3 is 0 Å². The molecule has 2 aliphatic rings. The van der Waals surface area contributed by atoms with Crippen LogP contribution in [0.3, 0.4) is 0 Å². The van der Waals surface area contributed by atoms with Crippen LogP contribution < -0.4 is 0 Å². The van der Waals surface area contributed by atoms with Gasteiger partial charge in [0.2, 0.25) is 0 Å². The fourth-order valence-corrected chi connectivity index (χ4v) is 3.26. The van der Waals surface area contributed by atoms with Crippen LogP contribution in [0.15, 0.2) is 35.5 Å². The summed E-state index contributed by atoms with van der Waals surface area (Å²) >= 11 is 0. The van der Waals surface area contributed by atoms with Crippen molar-refractivity contribution in [3.8, 4) is 0 Å². The van der Waals surface area contributed by atoms with Crippen LogP contribution in [0.4, 0.5) is 0 Å². The van der Waals surface area contributed by atoms with E-state index in [9.17, 15) is 0 Å². The van der Waals surface area contributed by atoms with Crippen LogP contribution >= 0.6 is 0 Å². The van der Waals surface area contributed by atoms with Gasteiger partial charge in [0, 0.05) is 0 Å².